The number of hydrogen-bond donors (Lipinski definition) is 2. The lowest BCUT2D eigenvalue weighted by molar-refractivity contribution is 0.0998. The van der Waals surface area contributed by atoms with Crippen LogP contribution in [0, 0.1) is 11.3 Å². The van der Waals surface area contributed by atoms with Gasteiger partial charge < -0.3 is 11.1 Å². The van der Waals surface area contributed by atoms with Gasteiger partial charge in [0, 0.05) is 11.3 Å². The van der Waals surface area contributed by atoms with Crippen molar-refractivity contribution in [3.63, 3.8) is 0 Å². The summed E-state index contributed by atoms with van der Waals surface area (Å²) in [7, 11) is 0. The molecule has 5 heteroatoms. The predicted molar refractivity (Wildman–Crippen MR) is 70.2 cm³/mol. The molecule has 100 valence electrons. The maximum Gasteiger partial charge on any atom is 0.249 e. The molecule has 4 nitrogen and oxygen atoms in total. The van der Waals surface area contributed by atoms with E-state index in [0.29, 0.717) is 5.69 Å². The Kier molecular flexibility index (Phi) is 3.70. The highest BCUT2D eigenvalue weighted by molar-refractivity contribution is 5.94. The summed E-state index contributed by atoms with van der Waals surface area (Å²) >= 11 is 0. The number of hydrogen-bond acceptors (Lipinski definition) is 3. The second-order valence-electron chi connectivity index (χ2n) is 4.90. The van der Waals surface area contributed by atoms with E-state index in [9.17, 15) is 14.4 Å². The maximum atomic E-state index is 12.9. The molecule has 1 amide bonds. The Hall–Kier alpha value is -2.09. The summed E-state index contributed by atoms with van der Waals surface area (Å²) in [6, 6.07) is 7.02. The van der Waals surface area contributed by atoms with Crippen LogP contribution in [0.4, 0.5) is 10.1 Å². The SMILES string of the molecule is N#CC1(Nc2ccc(C(N)=O)c(CF)c2)CCCC1. The molecule has 1 aromatic carbocycles. The van der Waals surface area contributed by atoms with E-state index in [1.165, 1.54) is 6.07 Å². The van der Waals surface area contributed by atoms with E-state index >= 15 is 0 Å². The minimum Gasteiger partial charge on any atom is -0.367 e. The Balaban J connectivity index is 2.27. The molecular weight excluding hydrogens is 245 g/mol. The van der Waals surface area contributed by atoms with Crippen LogP contribution in [0.2, 0.25) is 0 Å². The summed E-state index contributed by atoms with van der Waals surface area (Å²) in [6.45, 7) is -0.757. The lowest BCUT2D eigenvalue weighted by Crippen LogP contribution is -2.33. The van der Waals surface area contributed by atoms with Crippen LogP contribution in [0.1, 0.15) is 41.6 Å². The van der Waals surface area contributed by atoms with Gasteiger partial charge in [-0.25, -0.2) is 4.39 Å². The smallest absolute Gasteiger partial charge is 0.249 e. The first-order valence-electron chi connectivity index (χ1n) is 6.28. The van der Waals surface area contributed by atoms with Gasteiger partial charge in [0.15, 0.2) is 0 Å². The molecule has 19 heavy (non-hydrogen) atoms. The minimum atomic E-state index is -0.757. The third kappa shape index (κ3) is 2.68. The molecule has 1 aliphatic carbocycles. The predicted octanol–water partition coefficient (Wildman–Crippen LogP) is 2.50. The Morgan fingerprint density at radius 2 is 2.16 bits per heavy atom. The van der Waals surface area contributed by atoms with E-state index in [1.54, 1.807) is 12.1 Å². The Morgan fingerprint density at radius 1 is 1.47 bits per heavy atom. The minimum absolute atomic E-state index is 0.186. The Labute approximate surface area is 111 Å². The van der Waals surface area contributed by atoms with Gasteiger partial charge in [-0.05, 0) is 49.4 Å². The molecule has 0 unspecified atom stereocenters. The lowest BCUT2D eigenvalue weighted by atomic mass is 9.98. The van der Waals surface area contributed by atoms with E-state index in [1.807, 2.05) is 0 Å². The van der Waals surface area contributed by atoms with Crippen LogP contribution in [0.3, 0.4) is 0 Å². The molecule has 0 saturated heterocycles. The number of carbonyl (C=O) groups is 1. The normalized spacial score (nSPS) is 16.8. The Bertz CT molecular complexity index is 530. The molecule has 0 spiro atoms. The number of alkyl halides is 1. The van der Waals surface area contributed by atoms with Crippen molar-refractivity contribution in [1.29, 1.82) is 5.26 Å². The zero-order valence-electron chi connectivity index (χ0n) is 10.6. The van der Waals surface area contributed by atoms with Gasteiger partial charge in [-0.1, -0.05) is 0 Å². The number of nitrogens with one attached hydrogen (secondary N) is 1. The summed E-state index contributed by atoms with van der Waals surface area (Å²) in [5, 5.41) is 12.5. The lowest BCUT2D eigenvalue weighted by Gasteiger charge is -2.24. The second kappa shape index (κ2) is 5.27. The van der Waals surface area contributed by atoms with E-state index in [4.69, 9.17) is 5.73 Å². The standard InChI is InChI=1S/C14H16FN3O/c15-8-10-7-11(3-4-12(10)13(17)19)18-14(9-16)5-1-2-6-14/h3-4,7,18H,1-2,5-6,8H2,(H2,17,19). The summed E-state index contributed by atoms with van der Waals surface area (Å²) in [5.74, 6) is -0.643. The summed E-state index contributed by atoms with van der Waals surface area (Å²) in [5.41, 5.74) is 5.70. The van der Waals surface area contributed by atoms with E-state index < -0.39 is 18.1 Å². The van der Waals surface area contributed by atoms with Crippen molar-refractivity contribution in [2.24, 2.45) is 5.73 Å². The van der Waals surface area contributed by atoms with Crippen molar-refractivity contribution in [1.82, 2.24) is 0 Å². The number of carbonyl (C=O) groups excluding carboxylic acids is 1. The average molecular weight is 261 g/mol. The van der Waals surface area contributed by atoms with Crippen molar-refractivity contribution < 1.29 is 9.18 Å². The zero-order chi connectivity index (χ0) is 13.9. The van der Waals surface area contributed by atoms with Crippen LogP contribution < -0.4 is 11.1 Å². The van der Waals surface area contributed by atoms with Gasteiger partial charge in [0.25, 0.3) is 0 Å². The number of nitrogens with zero attached hydrogens (tertiary/aromatic N) is 1. The highest BCUT2D eigenvalue weighted by Gasteiger charge is 2.33. The van der Waals surface area contributed by atoms with Crippen LogP contribution in [0.5, 0.6) is 0 Å². The van der Waals surface area contributed by atoms with Crippen LogP contribution >= 0.6 is 0 Å². The van der Waals surface area contributed by atoms with Gasteiger partial charge in [-0.15, -0.1) is 0 Å². The number of halogens is 1. The molecule has 1 aromatic rings. The summed E-state index contributed by atoms with van der Waals surface area (Å²) < 4.78 is 12.9. The number of nitriles is 1. The molecule has 2 rings (SSSR count). The van der Waals surface area contributed by atoms with Gasteiger partial charge in [-0.3, -0.25) is 4.79 Å². The van der Waals surface area contributed by atoms with Gasteiger partial charge in [-0.2, -0.15) is 5.26 Å². The van der Waals surface area contributed by atoms with E-state index in [-0.39, 0.29) is 11.1 Å². The third-order valence-corrected chi connectivity index (χ3v) is 3.57. The molecule has 0 atom stereocenters. The molecule has 0 heterocycles. The Morgan fingerprint density at radius 3 is 2.68 bits per heavy atom. The fraction of sp³-hybridized carbons (Fsp3) is 0.429. The average Bonchev–Trinajstić information content (AvgIpc) is 2.87. The molecule has 1 saturated carbocycles. The molecule has 0 bridgehead atoms. The number of benzene rings is 1. The monoisotopic (exact) mass is 261 g/mol. The molecule has 0 radical (unpaired) electrons. The molecule has 1 aliphatic rings. The highest BCUT2D eigenvalue weighted by Crippen LogP contribution is 2.33. The number of nitrogens with two attached hydrogens (primary N) is 1. The molecule has 1 fully saturated rings. The summed E-state index contributed by atoms with van der Waals surface area (Å²) in [4.78, 5) is 11.1. The number of primary amides is 1. The first kappa shape index (κ1) is 13.3. The number of amides is 1. The molecule has 0 aromatic heterocycles. The van der Waals surface area contributed by atoms with Crippen molar-refractivity contribution >= 4 is 11.6 Å². The van der Waals surface area contributed by atoms with Crippen LogP contribution in [0.25, 0.3) is 0 Å². The fourth-order valence-electron chi connectivity index (χ4n) is 2.54. The van der Waals surface area contributed by atoms with Crippen LogP contribution in [0.15, 0.2) is 18.2 Å². The number of anilines is 1. The first-order valence-corrected chi connectivity index (χ1v) is 6.28. The van der Waals surface area contributed by atoms with Gasteiger partial charge in [0.1, 0.15) is 12.2 Å². The second-order valence-corrected chi connectivity index (χ2v) is 4.90. The maximum absolute atomic E-state index is 12.9. The van der Waals surface area contributed by atoms with E-state index in [2.05, 4.69) is 11.4 Å². The zero-order valence-corrected chi connectivity index (χ0v) is 10.6. The molecule has 3 N–H and O–H groups in total. The van der Waals surface area contributed by atoms with Crippen molar-refractivity contribution in [3.05, 3.63) is 29.3 Å². The first-order chi connectivity index (χ1) is 9.10. The number of rotatable bonds is 4. The largest absolute Gasteiger partial charge is 0.367 e. The van der Waals surface area contributed by atoms with Gasteiger partial charge >= 0.3 is 0 Å². The quantitative estimate of drug-likeness (QED) is 0.874. The van der Waals surface area contributed by atoms with Gasteiger partial charge in [0.2, 0.25) is 5.91 Å². The van der Waals surface area contributed by atoms with Gasteiger partial charge in [0.05, 0.1) is 6.07 Å². The van der Waals surface area contributed by atoms with Crippen LogP contribution in [-0.4, -0.2) is 11.4 Å². The van der Waals surface area contributed by atoms with Crippen LogP contribution in [-0.2, 0) is 6.67 Å². The third-order valence-electron chi connectivity index (χ3n) is 3.57. The van der Waals surface area contributed by atoms with Crippen molar-refractivity contribution in [2.75, 3.05) is 5.32 Å². The highest BCUT2D eigenvalue weighted by atomic mass is 19.1. The fourth-order valence-corrected chi connectivity index (χ4v) is 2.54. The van der Waals surface area contributed by atoms with Crippen molar-refractivity contribution in [2.45, 2.75) is 37.9 Å². The topological polar surface area (TPSA) is 78.9 Å². The summed E-state index contributed by atoms with van der Waals surface area (Å²) in [6.07, 6.45) is 3.59. The molecular formula is C14H16FN3O. The van der Waals surface area contributed by atoms with E-state index in [0.717, 1.165) is 25.7 Å². The van der Waals surface area contributed by atoms with Crippen molar-refractivity contribution in [3.8, 4) is 6.07 Å². The molecule has 0 aliphatic heterocycles.